The van der Waals surface area contributed by atoms with E-state index in [2.05, 4.69) is 22.5 Å². The molecule has 0 saturated heterocycles. The molecule has 3 nitrogen and oxygen atoms in total. The Hall–Kier alpha value is -1.49. The van der Waals surface area contributed by atoms with Gasteiger partial charge >= 0.3 is 0 Å². The number of benzene rings is 1. The van der Waals surface area contributed by atoms with Gasteiger partial charge in [0.25, 0.3) is 11.7 Å². The van der Waals surface area contributed by atoms with Gasteiger partial charge in [0.15, 0.2) is 0 Å². The molecule has 1 aromatic carbocycles. The lowest BCUT2D eigenvalue weighted by Crippen LogP contribution is -2.31. The second-order valence-corrected chi connectivity index (χ2v) is 4.82. The molecular weight excluding hydrogens is 289 g/mol. The number of fused-ring (bicyclic) bond motifs is 1. The van der Waals surface area contributed by atoms with Crippen molar-refractivity contribution in [3.63, 3.8) is 0 Å². The SMILES string of the molecule is C=C(C)CN1C(=O)C(=O)c2cc(Br)c(F)cc21. The van der Waals surface area contributed by atoms with Gasteiger partial charge in [-0.15, -0.1) is 0 Å². The third-order valence-corrected chi connectivity index (χ3v) is 3.05. The monoisotopic (exact) mass is 297 g/mol. The van der Waals surface area contributed by atoms with Gasteiger partial charge in [0, 0.05) is 6.54 Å². The fourth-order valence-corrected chi connectivity index (χ4v) is 2.06. The first kappa shape index (κ1) is 12.0. The number of nitrogens with zero attached hydrogens (tertiary/aromatic N) is 1. The summed E-state index contributed by atoms with van der Waals surface area (Å²) < 4.78 is 13.6. The molecule has 1 heterocycles. The molecule has 0 aromatic heterocycles. The number of Topliss-reactive ketones (excluding diaryl/α,β-unsaturated/α-hetero) is 1. The van der Waals surface area contributed by atoms with Gasteiger partial charge in [-0.3, -0.25) is 9.59 Å². The predicted octanol–water partition coefficient (Wildman–Crippen LogP) is 2.69. The molecule has 0 radical (unpaired) electrons. The summed E-state index contributed by atoms with van der Waals surface area (Å²) in [6.45, 7) is 5.64. The van der Waals surface area contributed by atoms with E-state index >= 15 is 0 Å². The maximum absolute atomic E-state index is 13.4. The van der Waals surface area contributed by atoms with E-state index < -0.39 is 17.5 Å². The summed E-state index contributed by atoms with van der Waals surface area (Å²) in [6.07, 6.45) is 0. The van der Waals surface area contributed by atoms with Gasteiger partial charge < -0.3 is 4.90 Å². The second kappa shape index (κ2) is 4.07. The van der Waals surface area contributed by atoms with Gasteiger partial charge in [-0.2, -0.15) is 0 Å². The van der Waals surface area contributed by atoms with E-state index in [0.717, 1.165) is 5.57 Å². The quantitative estimate of drug-likeness (QED) is 0.622. The molecule has 0 N–H and O–H groups in total. The molecule has 0 atom stereocenters. The predicted molar refractivity (Wildman–Crippen MR) is 65.6 cm³/mol. The average molecular weight is 298 g/mol. The number of hydrogen-bond donors (Lipinski definition) is 0. The van der Waals surface area contributed by atoms with Gasteiger partial charge in [0.05, 0.1) is 15.7 Å². The van der Waals surface area contributed by atoms with E-state index in [4.69, 9.17) is 0 Å². The maximum Gasteiger partial charge on any atom is 0.299 e. The van der Waals surface area contributed by atoms with Crippen LogP contribution in [0.3, 0.4) is 0 Å². The van der Waals surface area contributed by atoms with E-state index in [0.29, 0.717) is 5.69 Å². The Kier molecular flexibility index (Phi) is 2.87. The zero-order valence-electron chi connectivity index (χ0n) is 9.09. The highest BCUT2D eigenvalue weighted by atomic mass is 79.9. The van der Waals surface area contributed by atoms with E-state index in [-0.39, 0.29) is 16.6 Å². The summed E-state index contributed by atoms with van der Waals surface area (Å²) in [4.78, 5) is 24.7. The molecule has 0 bridgehead atoms. The van der Waals surface area contributed by atoms with Crippen LogP contribution in [0.1, 0.15) is 17.3 Å². The van der Waals surface area contributed by atoms with Crippen LogP contribution in [0, 0.1) is 5.82 Å². The zero-order chi connectivity index (χ0) is 12.7. The van der Waals surface area contributed by atoms with Crippen LogP contribution in [0.4, 0.5) is 10.1 Å². The second-order valence-electron chi connectivity index (χ2n) is 3.96. The Bertz CT molecular complexity index is 554. The van der Waals surface area contributed by atoms with Crippen LogP contribution in [0.5, 0.6) is 0 Å². The van der Waals surface area contributed by atoms with E-state index in [1.54, 1.807) is 6.92 Å². The number of halogens is 2. The molecule has 1 aliphatic rings. The molecule has 0 aliphatic carbocycles. The van der Waals surface area contributed by atoms with Crippen LogP contribution in [0.2, 0.25) is 0 Å². The van der Waals surface area contributed by atoms with Crippen LogP contribution in [-0.2, 0) is 4.79 Å². The molecule has 1 amide bonds. The smallest absolute Gasteiger partial charge is 0.299 e. The van der Waals surface area contributed by atoms with Gasteiger partial charge in [-0.05, 0) is 35.0 Å². The summed E-state index contributed by atoms with van der Waals surface area (Å²) in [6, 6.07) is 2.52. The Labute approximate surface area is 106 Å². The van der Waals surface area contributed by atoms with Crippen LogP contribution < -0.4 is 4.90 Å². The van der Waals surface area contributed by atoms with E-state index in [9.17, 15) is 14.0 Å². The van der Waals surface area contributed by atoms with Crippen LogP contribution in [0.15, 0.2) is 28.8 Å². The summed E-state index contributed by atoms with van der Waals surface area (Å²) in [5.74, 6) is -1.75. The van der Waals surface area contributed by atoms with Crippen LogP contribution >= 0.6 is 15.9 Å². The lowest BCUT2D eigenvalue weighted by molar-refractivity contribution is -0.114. The molecule has 0 unspecified atom stereocenters. The number of anilines is 1. The molecule has 5 heteroatoms. The number of hydrogen-bond acceptors (Lipinski definition) is 2. The lowest BCUT2D eigenvalue weighted by Gasteiger charge is -2.16. The highest BCUT2D eigenvalue weighted by Crippen LogP contribution is 2.33. The topological polar surface area (TPSA) is 37.4 Å². The Morgan fingerprint density at radius 1 is 1.47 bits per heavy atom. The van der Waals surface area contributed by atoms with Crippen molar-refractivity contribution in [2.45, 2.75) is 6.92 Å². The fraction of sp³-hybridized carbons (Fsp3) is 0.167. The van der Waals surface area contributed by atoms with Crippen molar-refractivity contribution in [1.82, 2.24) is 0 Å². The molecule has 0 spiro atoms. The largest absolute Gasteiger partial charge is 0.301 e. The summed E-state index contributed by atoms with van der Waals surface area (Å²) in [5.41, 5.74) is 1.26. The fourth-order valence-electron chi connectivity index (χ4n) is 1.72. The van der Waals surface area contributed by atoms with Gasteiger partial charge in [-0.25, -0.2) is 4.39 Å². The third-order valence-electron chi connectivity index (χ3n) is 2.44. The van der Waals surface area contributed by atoms with Gasteiger partial charge in [0.1, 0.15) is 5.82 Å². The molecule has 1 aromatic rings. The van der Waals surface area contributed by atoms with Crippen molar-refractivity contribution in [1.29, 1.82) is 0 Å². The van der Waals surface area contributed by atoms with Crippen molar-refractivity contribution >= 4 is 33.3 Å². The maximum atomic E-state index is 13.4. The lowest BCUT2D eigenvalue weighted by atomic mass is 10.1. The normalized spacial score (nSPS) is 14.2. The first-order valence-electron chi connectivity index (χ1n) is 4.91. The number of rotatable bonds is 2. The molecule has 88 valence electrons. The highest BCUT2D eigenvalue weighted by Gasteiger charge is 2.36. The van der Waals surface area contributed by atoms with Crippen molar-refractivity contribution in [3.8, 4) is 0 Å². The third kappa shape index (κ3) is 1.91. The molecular formula is C12H9BrFNO2. The van der Waals surface area contributed by atoms with Gasteiger partial charge in [0.2, 0.25) is 0 Å². The standard InChI is InChI=1S/C12H9BrFNO2/c1-6(2)5-15-10-4-9(14)8(13)3-7(10)11(16)12(15)17/h3-4H,1,5H2,2H3. The minimum atomic E-state index is -0.638. The van der Waals surface area contributed by atoms with E-state index in [1.807, 2.05) is 0 Å². The average Bonchev–Trinajstić information content (AvgIpc) is 2.45. The van der Waals surface area contributed by atoms with Gasteiger partial charge in [-0.1, -0.05) is 12.2 Å². The summed E-state index contributed by atoms with van der Waals surface area (Å²) in [7, 11) is 0. The first-order valence-corrected chi connectivity index (χ1v) is 5.70. The highest BCUT2D eigenvalue weighted by molar-refractivity contribution is 9.10. The Morgan fingerprint density at radius 2 is 2.12 bits per heavy atom. The van der Waals surface area contributed by atoms with Crippen molar-refractivity contribution in [2.75, 3.05) is 11.4 Å². The zero-order valence-corrected chi connectivity index (χ0v) is 10.7. The van der Waals surface area contributed by atoms with Crippen molar-refractivity contribution < 1.29 is 14.0 Å². The number of carbonyl (C=O) groups excluding carboxylic acids is 2. The molecule has 17 heavy (non-hydrogen) atoms. The van der Waals surface area contributed by atoms with Crippen molar-refractivity contribution in [2.24, 2.45) is 0 Å². The number of carbonyl (C=O) groups is 2. The summed E-state index contributed by atoms with van der Waals surface area (Å²) in [5, 5.41) is 0. The van der Waals surface area contributed by atoms with Crippen LogP contribution in [0.25, 0.3) is 0 Å². The number of amides is 1. The minimum Gasteiger partial charge on any atom is -0.301 e. The Morgan fingerprint density at radius 3 is 2.71 bits per heavy atom. The Balaban J connectivity index is 2.56. The molecule has 0 saturated carbocycles. The first-order chi connectivity index (χ1) is 7.91. The van der Waals surface area contributed by atoms with E-state index in [1.165, 1.54) is 17.0 Å². The molecule has 0 fully saturated rings. The van der Waals surface area contributed by atoms with Crippen LogP contribution in [-0.4, -0.2) is 18.2 Å². The minimum absolute atomic E-state index is 0.176. The molecule has 2 rings (SSSR count). The molecule has 1 aliphatic heterocycles. The number of ketones is 1. The van der Waals surface area contributed by atoms with Crippen molar-refractivity contribution in [3.05, 3.63) is 40.1 Å². The summed E-state index contributed by atoms with van der Waals surface area (Å²) >= 11 is 2.99.